The summed E-state index contributed by atoms with van der Waals surface area (Å²) in [6.07, 6.45) is -0.305. The number of ether oxygens (including phenoxy) is 2. The van der Waals surface area contributed by atoms with Crippen LogP contribution < -0.4 is 9.62 Å². The third kappa shape index (κ3) is 8.99. The summed E-state index contributed by atoms with van der Waals surface area (Å²) in [4.78, 5) is 15.6. The lowest BCUT2D eigenvalue weighted by atomic mass is 9.98. The van der Waals surface area contributed by atoms with E-state index in [-0.39, 0.29) is 40.9 Å². The maximum atomic E-state index is 12.8. The molecule has 0 spiro atoms. The number of nitro benzene ring substituents is 1. The van der Waals surface area contributed by atoms with Gasteiger partial charge in [-0.05, 0) is 64.2 Å². The molecule has 0 amide bonds. The number of sulfonamides is 1. The number of rotatable bonds is 12. The molecule has 5 aromatic rings. The number of non-ortho nitro benzene ring substituents is 1. The van der Waals surface area contributed by atoms with Crippen molar-refractivity contribution in [2.24, 2.45) is 0 Å². The Kier molecular flexibility index (Phi) is 11.3. The summed E-state index contributed by atoms with van der Waals surface area (Å²) in [6.45, 7) is 4.09. The number of nitrogens with zero attached hydrogens (tertiary/aromatic N) is 3. The van der Waals surface area contributed by atoms with Crippen molar-refractivity contribution in [3.63, 3.8) is 0 Å². The topological polar surface area (TPSA) is 134 Å². The van der Waals surface area contributed by atoms with Gasteiger partial charge in [-0.3, -0.25) is 15.0 Å². The van der Waals surface area contributed by atoms with E-state index in [1.807, 2.05) is 78.9 Å². The first-order chi connectivity index (χ1) is 25.7. The molecule has 2 aliphatic rings. The van der Waals surface area contributed by atoms with Gasteiger partial charge in [0.1, 0.15) is 0 Å². The molecular weight excluding hydrogens is 693 g/mol. The zero-order valence-corrected chi connectivity index (χ0v) is 30.0. The van der Waals surface area contributed by atoms with Crippen molar-refractivity contribution < 1.29 is 27.9 Å². The van der Waals surface area contributed by atoms with E-state index in [4.69, 9.17) is 9.47 Å². The third-order valence-electron chi connectivity index (χ3n) is 9.81. The fourth-order valence-corrected chi connectivity index (χ4v) is 7.92. The predicted molar refractivity (Wildman–Crippen MR) is 203 cm³/mol. The zero-order valence-electron chi connectivity index (χ0n) is 29.2. The number of nitro groups is 1. The summed E-state index contributed by atoms with van der Waals surface area (Å²) in [5.41, 5.74) is 6.52. The smallest absolute Gasteiger partial charge is 0.269 e. The molecule has 0 radical (unpaired) electrons. The normalized spacial score (nSPS) is 19.6. The molecule has 7 rings (SSSR count). The number of anilines is 1. The highest BCUT2D eigenvalue weighted by atomic mass is 32.2. The second-order valence-corrected chi connectivity index (χ2v) is 15.1. The van der Waals surface area contributed by atoms with Gasteiger partial charge in [0.05, 0.1) is 28.6 Å². The summed E-state index contributed by atoms with van der Waals surface area (Å²) >= 11 is 0. The van der Waals surface area contributed by atoms with Crippen LogP contribution in [0.15, 0.2) is 132 Å². The van der Waals surface area contributed by atoms with Gasteiger partial charge in [-0.1, -0.05) is 78.9 Å². The van der Waals surface area contributed by atoms with Crippen molar-refractivity contribution >= 4 is 21.4 Å². The summed E-state index contributed by atoms with van der Waals surface area (Å²) < 4.78 is 41.7. The van der Waals surface area contributed by atoms with Gasteiger partial charge in [-0.2, -0.15) is 0 Å². The van der Waals surface area contributed by atoms with Crippen LogP contribution in [0.3, 0.4) is 0 Å². The quantitative estimate of drug-likeness (QED) is 0.107. The van der Waals surface area contributed by atoms with E-state index in [1.54, 1.807) is 42.5 Å². The van der Waals surface area contributed by atoms with Gasteiger partial charge in [0.2, 0.25) is 10.0 Å². The van der Waals surface area contributed by atoms with Crippen LogP contribution in [-0.2, 0) is 32.6 Å². The van der Waals surface area contributed by atoms with Crippen LogP contribution in [0.2, 0.25) is 0 Å². The molecule has 0 bridgehead atoms. The molecule has 2 fully saturated rings. The molecule has 53 heavy (non-hydrogen) atoms. The Balaban J connectivity index is 1.06. The molecule has 0 saturated carbocycles. The maximum absolute atomic E-state index is 12.8. The minimum atomic E-state index is -3.65. The summed E-state index contributed by atoms with van der Waals surface area (Å²) in [6, 6.07) is 38.8. The first-order valence-electron chi connectivity index (χ1n) is 17.7. The Bertz CT molecular complexity index is 2110. The Hall–Kier alpha value is -4.95. The number of aliphatic hydroxyl groups is 1. The van der Waals surface area contributed by atoms with E-state index < -0.39 is 16.3 Å². The first-order valence-corrected chi connectivity index (χ1v) is 19.2. The summed E-state index contributed by atoms with van der Waals surface area (Å²) in [5, 5.41) is 20.7. The molecule has 0 unspecified atom stereocenters. The molecular formula is C41H42N4O7S. The molecule has 5 aromatic carbocycles. The number of hydrogen-bond donors (Lipinski definition) is 2. The highest BCUT2D eigenvalue weighted by molar-refractivity contribution is 7.89. The van der Waals surface area contributed by atoms with Gasteiger partial charge in [-0.25, -0.2) is 13.1 Å². The molecule has 2 aliphatic heterocycles. The molecule has 2 N–H and O–H groups in total. The molecule has 3 atom stereocenters. The van der Waals surface area contributed by atoms with Gasteiger partial charge < -0.3 is 19.5 Å². The van der Waals surface area contributed by atoms with Crippen molar-refractivity contribution in [1.29, 1.82) is 0 Å². The van der Waals surface area contributed by atoms with E-state index >= 15 is 0 Å². The maximum Gasteiger partial charge on any atom is 0.269 e. The first kappa shape index (κ1) is 36.4. The van der Waals surface area contributed by atoms with Gasteiger partial charge in [-0.15, -0.1) is 0 Å². The van der Waals surface area contributed by atoms with Gasteiger partial charge >= 0.3 is 0 Å². The minimum absolute atomic E-state index is 0.0289. The molecule has 0 aromatic heterocycles. The van der Waals surface area contributed by atoms with Crippen molar-refractivity contribution in [2.75, 3.05) is 37.6 Å². The fraction of sp³-hybridized carbons (Fsp3) is 0.268. The number of benzene rings is 5. The Morgan fingerprint density at radius 3 is 2.15 bits per heavy atom. The lowest BCUT2D eigenvalue weighted by molar-refractivity contribution is -0.384. The number of nitrogens with one attached hydrogen (secondary N) is 1. The monoisotopic (exact) mass is 734 g/mol. The molecule has 2 saturated heterocycles. The third-order valence-corrected chi connectivity index (χ3v) is 11.2. The Morgan fingerprint density at radius 1 is 0.755 bits per heavy atom. The van der Waals surface area contributed by atoms with Crippen LogP contribution in [0, 0.1) is 10.1 Å². The van der Waals surface area contributed by atoms with E-state index in [1.165, 1.54) is 0 Å². The Labute approximate surface area is 309 Å². The van der Waals surface area contributed by atoms with Crippen molar-refractivity contribution in [3.05, 3.63) is 160 Å². The van der Waals surface area contributed by atoms with Crippen LogP contribution in [-0.4, -0.2) is 62.2 Å². The van der Waals surface area contributed by atoms with Crippen molar-refractivity contribution in [3.8, 4) is 11.1 Å². The second-order valence-electron chi connectivity index (χ2n) is 13.4. The minimum Gasteiger partial charge on any atom is -0.392 e. The van der Waals surface area contributed by atoms with E-state index in [2.05, 4.69) is 20.6 Å². The van der Waals surface area contributed by atoms with Crippen LogP contribution in [0.1, 0.15) is 41.1 Å². The molecule has 12 heteroatoms. The van der Waals surface area contributed by atoms with Crippen LogP contribution in [0.25, 0.3) is 11.1 Å². The van der Waals surface area contributed by atoms with E-state index in [0.717, 1.165) is 71.8 Å². The molecule has 2 heterocycles. The number of hydrogen-bond acceptors (Lipinski definition) is 9. The molecule has 274 valence electrons. The van der Waals surface area contributed by atoms with E-state index in [0.29, 0.717) is 6.42 Å². The van der Waals surface area contributed by atoms with Crippen LogP contribution >= 0.6 is 0 Å². The average Bonchev–Trinajstić information content (AvgIpc) is 3.21. The SMILES string of the molecule is O=[N+]([O-])c1ccc(N2CCN(C[C@@H]3C[C@H](c4ccc(CO)cc4)O[C@H](c4cccc(-c5cccc(CNS(=O)(=O)c6ccccc6)c5)c4)O3)CC2)cc1. The average molecular weight is 735 g/mol. The van der Waals surface area contributed by atoms with Crippen molar-refractivity contribution in [2.45, 2.75) is 43.0 Å². The standard InChI is InChI=1S/C41H42N4O7S/c46-29-30-12-14-32(15-13-30)40-26-38(28-43-20-22-44(23-21-43)36-16-18-37(19-17-36)45(47)48)51-41(52-40)35-9-5-8-34(25-35)33-7-4-6-31(24-33)27-42-53(49,50)39-10-2-1-3-11-39/h1-19,24-25,38,40-42,46H,20-23,26-29H2/t38-,40+,41+/m0/s1. The highest BCUT2D eigenvalue weighted by Crippen LogP contribution is 2.39. The van der Waals surface area contributed by atoms with Crippen molar-refractivity contribution in [1.82, 2.24) is 9.62 Å². The highest BCUT2D eigenvalue weighted by Gasteiger charge is 2.34. The van der Waals surface area contributed by atoms with Gasteiger partial charge in [0, 0.05) is 69.1 Å². The second kappa shape index (κ2) is 16.4. The summed E-state index contributed by atoms with van der Waals surface area (Å²) in [5.74, 6) is 0. The fourth-order valence-electron chi connectivity index (χ4n) is 6.88. The lowest BCUT2D eigenvalue weighted by Gasteiger charge is -2.41. The van der Waals surface area contributed by atoms with Gasteiger partial charge in [0.15, 0.2) is 6.29 Å². The summed E-state index contributed by atoms with van der Waals surface area (Å²) in [7, 11) is -3.65. The zero-order chi connectivity index (χ0) is 36.8. The van der Waals surface area contributed by atoms with E-state index in [9.17, 15) is 23.6 Å². The van der Waals surface area contributed by atoms with Gasteiger partial charge in [0.25, 0.3) is 5.69 Å². The lowest BCUT2D eigenvalue weighted by Crippen LogP contribution is -2.49. The molecule has 11 nitrogen and oxygen atoms in total. The van der Waals surface area contributed by atoms with Crippen LogP contribution in [0.5, 0.6) is 0 Å². The number of aliphatic hydroxyl groups excluding tert-OH is 1. The molecule has 0 aliphatic carbocycles. The Morgan fingerprint density at radius 2 is 1.45 bits per heavy atom. The number of piperazine rings is 1. The predicted octanol–water partition coefficient (Wildman–Crippen LogP) is 6.60. The van der Waals surface area contributed by atoms with Crippen LogP contribution in [0.4, 0.5) is 11.4 Å². The largest absolute Gasteiger partial charge is 0.392 e.